The van der Waals surface area contributed by atoms with E-state index in [4.69, 9.17) is 5.73 Å². The Labute approximate surface area is 216 Å². The number of phenolic OH excluding ortho intramolecular Hbond substituents is 1. The van der Waals surface area contributed by atoms with Crippen LogP contribution in [0.2, 0.25) is 0 Å². The molecule has 5 aromatic rings. The van der Waals surface area contributed by atoms with E-state index in [1.807, 2.05) is 84.9 Å². The fourth-order valence-corrected chi connectivity index (χ4v) is 5.56. The number of benzene rings is 5. The molecule has 37 heavy (non-hydrogen) atoms. The molecule has 0 heterocycles. The molecule has 0 aliphatic rings. The van der Waals surface area contributed by atoms with Crippen molar-refractivity contribution in [2.45, 2.75) is 11.4 Å². The van der Waals surface area contributed by atoms with Gasteiger partial charge in [0.1, 0.15) is 5.75 Å². The van der Waals surface area contributed by atoms with Crippen molar-refractivity contribution in [3.05, 3.63) is 127 Å². The SMILES string of the molecule is Nc1ccc(S(=O)(=O)NCc2ccc(-c3ccccc3)cc2)c(-c2ccccc2-c2cccc(O)c2)c1. The molecule has 184 valence electrons. The lowest BCUT2D eigenvalue weighted by Gasteiger charge is -2.16. The highest BCUT2D eigenvalue weighted by Crippen LogP contribution is 2.37. The summed E-state index contributed by atoms with van der Waals surface area (Å²) in [6.07, 6.45) is 0. The van der Waals surface area contributed by atoms with E-state index in [9.17, 15) is 13.5 Å². The maximum atomic E-state index is 13.5. The molecular weight excluding hydrogens is 480 g/mol. The normalized spacial score (nSPS) is 11.4. The van der Waals surface area contributed by atoms with Gasteiger partial charge in [-0.2, -0.15) is 0 Å². The van der Waals surface area contributed by atoms with E-state index >= 15 is 0 Å². The quantitative estimate of drug-likeness (QED) is 0.221. The fraction of sp³-hybridized carbons (Fsp3) is 0.0323. The Kier molecular flexibility index (Phi) is 6.77. The summed E-state index contributed by atoms with van der Waals surface area (Å²) in [7, 11) is -3.88. The Morgan fingerprint density at radius 3 is 2.00 bits per heavy atom. The number of nitrogens with two attached hydrogens (primary N) is 1. The summed E-state index contributed by atoms with van der Waals surface area (Å²) in [6.45, 7) is 0.148. The van der Waals surface area contributed by atoms with Crippen LogP contribution in [0, 0.1) is 0 Å². The standard InChI is InChI=1S/C31H26N2O3S/c32-26-17-18-31(30(20-26)29-12-5-4-11-28(29)25-9-6-10-27(34)19-25)37(35,36)33-21-22-13-15-24(16-14-22)23-7-2-1-3-8-23/h1-20,33-34H,21,32H2. The van der Waals surface area contributed by atoms with Gasteiger partial charge in [0.25, 0.3) is 0 Å². The van der Waals surface area contributed by atoms with Crippen LogP contribution in [-0.2, 0) is 16.6 Å². The average Bonchev–Trinajstić information content (AvgIpc) is 2.92. The predicted octanol–water partition coefficient (Wildman–Crippen LogP) is 6.45. The van der Waals surface area contributed by atoms with Crippen molar-refractivity contribution in [2.75, 3.05) is 5.73 Å². The molecular formula is C31H26N2O3S. The third kappa shape index (κ3) is 5.40. The molecule has 0 saturated heterocycles. The Balaban J connectivity index is 1.46. The third-order valence-corrected chi connectivity index (χ3v) is 7.65. The summed E-state index contributed by atoms with van der Waals surface area (Å²) in [5, 5.41) is 10.00. The van der Waals surface area contributed by atoms with Gasteiger partial charge in [-0.15, -0.1) is 0 Å². The summed E-state index contributed by atoms with van der Waals surface area (Å²) < 4.78 is 29.8. The van der Waals surface area contributed by atoms with Crippen molar-refractivity contribution in [2.24, 2.45) is 0 Å². The fourth-order valence-electron chi connectivity index (χ4n) is 4.34. The van der Waals surface area contributed by atoms with Crippen molar-refractivity contribution in [1.29, 1.82) is 0 Å². The van der Waals surface area contributed by atoms with Gasteiger partial charge in [0, 0.05) is 17.8 Å². The Morgan fingerprint density at radius 1 is 0.622 bits per heavy atom. The van der Waals surface area contributed by atoms with E-state index in [1.54, 1.807) is 30.3 Å². The highest BCUT2D eigenvalue weighted by atomic mass is 32.2. The number of nitrogen functional groups attached to an aromatic ring is 1. The molecule has 0 aliphatic heterocycles. The zero-order valence-electron chi connectivity index (χ0n) is 20.0. The van der Waals surface area contributed by atoms with Crippen LogP contribution >= 0.6 is 0 Å². The van der Waals surface area contributed by atoms with Crippen LogP contribution in [0.3, 0.4) is 0 Å². The molecule has 0 aliphatic carbocycles. The van der Waals surface area contributed by atoms with Gasteiger partial charge in [0.05, 0.1) is 4.90 Å². The number of hydrogen-bond donors (Lipinski definition) is 3. The predicted molar refractivity (Wildman–Crippen MR) is 149 cm³/mol. The lowest BCUT2D eigenvalue weighted by molar-refractivity contribution is 0.475. The molecule has 0 spiro atoms. The minimum Gasteiger partial charge on any atom is -0.508 e. The Morgan fingerprint density at radius 2 is 1.27 bits per heavy atom. The van der Waals surface area contributed by atoms with Crippen LogP contribution in [-0.4, -0.2) is 13.5 Å². The zero-order valence-corrected chi connectivity index (χ0v) is 20.8. The Bertz CT molecular complexity index is 1650. The molecule has 0 fully saturated rings. The topological polar surface area (TPSA) is 92.4 Å². The number of rotatable bonds is 7. The first-order valence-electron chi connectivity index (χ1n) is 11.8. The van der Waals surface area contributed by atoms with Gasteiger partial charge in [0.15, 0.2) is 0 Å². The van der Waals surface area contributed by atoms with Gasteiger partial charge < -0.3 is 10.8 Å². The highest BCUT2D eigenvalue weighted by Gasteiger charge is 2.21. The van der Waals surface area contributed by atoms with E-state index < -0.39 is 10.0 Å². The molecule has 0 bridgehead atoms. The van der Waals surface area contributed by atoms with Gasteiger partial charge in [-0.3, -0.25) is 0 Å². The number of sulfonamides is 1. The minimum atomic E-state index is -3.88. The lowest BCUT2D eigenvalue weighted by Crippen LogP contribution is -2.24. The molecule has 5 rings (SSSR count). The number of anilines is 1. The molecule has 0 saturated carbocycles. The van der Waals surface area contributed by atoms with Crippen LogP contribution in [0.5, 0.6) is 5.75 Å². The van der Waals surface area contributed by atoms with Crippen LogP contribution in [0.15, 0.2) is 126 Å². The molecule has 0 radical (unpaired) electrons. The highest BCUT2D eigenvalue weighted by molar-refractivity contribution is 7.89. The monoisotopic (exact) mass is 506 g/mol. The molecule has 0 atom stereocenters. The molecule has 0 aromatic heterocycles. The van der Waals surface area contributed by atoms with E-state index in [2.05, 4.69) is 4.72 Å². The smallest absolute Gasteiger partial charge is 0.241 e. The molecule has 6 heteroatoms. The van der Waals surface area contributed by atoms with Gasteiger partial charge in [-0.05, 0) is 63.7 Å². The van der Waals surface area contributed by atoms with Crippen molar-refractivity contribution in [3.63, 3.8) is 0 Å². The number of phenols is 1. The number of nitrogens with one attached hydrogen (secondary N) is 1. The average molecular weight is 507 g/mol. The van der Waals surface area contributed by atoms with Gasteiger partial charge in [-0.25, -0.2) is 13.1 Å². The second kappa shape index (κ2) is 10.3. The maximum absolute atomic E-state index is 13.5. The molecule has 0 unspecified atom stereocenters. The van der Waals surface area contributed by atoms with E-state index in [0.29, 0.717) is 16.8 Å². The minimum absolute atomic E-state index is 0.132. The first kappa shape index (κ1) is 24.3. The second-order valence-corrected chi connectivity index (χ2v) is 10.5. The summed E-state index contributed by atoms with van der Waals surface area (Å²) in [5.41, 5.74) is 12.3. The van der Waals surface area contributed by atoms with Gasteiger partial charge in [0.2, 0.25) is 10.0 Å². The number of hydrogen-bond acceptors (Lipinski definition) is 4. The van der Waals surface area contributed by atoms with E-state index in [1.165, 1.54) is 6.07 Å². The number of aromatic hydroxyl groups is 1. The first-order valence-corrected chi connectivity index (χ1v) is 13.3. The van der Waals surface area contributed by atoms with Crippen molar-refractivity contribution >= 4 is 15.7 Å². The van der Waals surface area contributed by atoms with Gasteiger partial charge >= 0.3 is 0 Å². The van der Waals surface area contributed by atoms with Crippen LogP contribution < -0.4 is 10.5 Å². The third-order valence-electron chi connectivity index (χ3n) is 6.19. The molecule has 5 nitrogen and oxygen atoms in total. The summed E-state index contributed by atoms with van der Waals surface area (Å²) in [6, 6.07) is 37.0. The largest absolute Gasteiger partial charge is 0.508 e. The summed E-state index contributed by atoms with van der Waals surface area (Å²) in [4.78, 5) is 0.134. The zero-order chi connectivity index (χ0) is 25.8. The van der Waals surface area contributed by atoms with Crippen LogP contribution in [0.4, 0.5) is 5.69 Å². The molecule has 0 amide bonds. The van der Waals surface area contributed by atoms with Crippen LogP contribution in [0.25, 0.3) is 33.4 Å². The molecule has 5 aromatic carbocycles. The lowest BCUT2D eigenvalue weighted by atomic mass is 9.94. The second-order valence-electron chi connectivity index (χ2n) is 8.74. The van der Waals surface area contributed by atoms with Crippen molar-refractivity contribution in [3.8, 4) is 39.1 Å². The van der Waals surface area contributed by atoms with Crippen LogP contribution in [0.1, 0.15) is 5.56 Å². The van der Waals surface area contributed by atoms with Crippen molar-refractivity contribution in [1.82, 2.24) is 4.72 Å². The van der Waals surface area contributed by atoms with E-state index in [-0.39, 0.29) is 17.2 Å². The van der Waals surface area contributed by atoms with E-state index in [0.717, 1.165) is 27.8 Å². The Hall–Kier alpha value is -4.39. The van der Waals surface area contributed by atoms with Crippen molar-refractivity contribution < 1.29 is 13.5 Å². The summed E-state index contributed by atoms with van der Waals surface area (Å²) in [5.74, 6) is 0.132. The summed E-state index contributed by atoms with van der Waals surface area (Å²) >= 11 is 0. The first-order chi connectivity index (χ1) is 17.9. The van der Waals surface area contributed by atoms with Gasteiger partial charge in [-0.1, -0.05) is 91.0 Å². The maximum Gasteiger partial charge on any atom is 0.241 e. The molecule has 4 N–H and O–H groups in total.